The van der Waals surface area contributed by atoms with Crippen LogP contribution in [0.1, 0.15) is 12.0 Å². The molecule has 0 aliphatic heterocycles. The van der Waals surface area contributed by atoms with Crippen molar-refractivity contribution in [2.24, 2.45) is 5.11 Å². The summed E-state index contributed by atoms with van der Waals surface area (Å²) in [5, 5.41) is 13.9. The van der Waals surface area contributed by atoms with Gasteiger partial charge in [-0.05, 0) is 23.6 Å². The van der Waals surface area contributed by atoms with Gasteiger partial charge in [0.05, 0.1) is 9.95 Å². The van der Waals surface area contributed by atoms with Crippen LogP contribution in [0.2, 0.25) is 5.02 Å². The summed E-state index contributed by atoms with van der Waals surface area (Å²) in [5.74, 6) is -0.945. The molecule has 0 heterocycles. The summed E-state index contributed by atoms with van der Waals surface area (Å²) in [6.07, 6.45) is 3.63. The highest BCUT2D eigenvalue weighted by molar-refractivity contribution is 6.32. The lowest BCUT2D eigenvalue weighted by molar-refractivity contribution is -0.387. The molecule has 94 valence electrons. The quantitative estimate of drug-likeness (QED) is 0.201. The standard InChI is InChI=1S/C10H8ClFN4O2/c11-8-6-10(16(17)18)9(12)5-7(8)3-1-2-4-14-15-13/h1,3,5-6H,2,4H2. The van der Waals surface area contributed by atoms with Crippen LogP contribution in [0.5, 0.6) is 0 Å². The maximum Gasteiger partial charge on any atom is 0.306 e. The maximum atomic E-state index is 13.3. The third-order valence-electron chi connectivity index (χ3n) is 2.02. The second-order valence-corrected chi connectivity index (χ2v) is 3.63. The molecule has 1 rings (SSSR count). The molecule has 1 aromatic rings. The first-order valence-electron chi connectivity index (χ1n) is 4.87. The summed E-state index contributed by atoms with van der Waals surface area (Å²) in [7, 11) is 0. The first kappa shape index (κ1) is 14.0. The van der Waals surface area contributed by atoms with Crippen LogP contribution in [0.3, 0.4) is 0 Å². The van der Waals surface area contributed by atoms with Gasteiger partial charge < -0.3 is 0 Å². The van der Waals surface area contributed by atoms with Crippen LogP contribution in [0.15, 0.2) is 23.3 Å². The molecule has 0 unspecified atom stereocenters. The van der Waals surface area contributed by atoms with Crippen LogP contribution in [0.25, 0.3) is 16.5 Å². The van der Waals surface area contributed by atoms with E-state index in [0.717, 1.165) is 12.1 Å². The minimum Gasteiger partial charge on any atom is -0.258 e. The predicted octanol–water partition coefficient (Wildman–Crippen LogP) is 4.10. The van der Waals surface area contributed by atoms with Crippen LogP contribution in [-0.2, 0) is 0 Å². The van der Waals surface area contributed by atoms with Gasteiger partial charge in [-0.3, -0.25) is 10.1 Å². The van der Waals surface area contributed by atoms with Crippen molar-refractivity contribution in [3.63, 3.8) is 0 Å². The lowest BCUT2D eigenvalue weighted by atomic mass is 10.1. The highest BCUT2D eigenvalue weighted by Gasteiger charge is 2.16. The SMILES string of the molecule is [N-]=[N+]=NCCC=Cc1cc(F)c([N+](=O)[O-])cc1Cl. The van der Waals surface area contributed by atoms with E-state index in [-0.39, 0.29) is 11.6 Å². The van der Waals surface area contributed by atoms with Crippen LogP contribution < -0.4 is 0 Å². The smallest absolute Gasteiger partial charge is 0.258 e. The second-order valence-electron chi connectivity index (χ2n) is 3.23. The van der Waals surface area contributed by atoms with Gasteiger partial charge in [0, 0.05) is 17.5 Å². The third kappa shape index (κ3) is 3.73. The van der Waals surface area contributed by atoms with Crippen molar-refractivity contribution in [2.75, 3.05) is 6.54 Å². The summed E-state index contributed by atoms with van der Waals surface area (Å²) < 4.78 is 13.3. The zero-order valence-electron chi connectivity index (χ0n) is 9.08. The van der Waals surface area contributed by atoms with Crippen molar-refractivity contribution in [2.45, 2.75) is 6.42 Å². The zero-order chi connectivity index (χ0) is 13.5. The number of hydrogen-bond donors (Lipinski definition) is 0. The maximum absolute atomic E-state index is 13.3. The van der Waals surface area contributed by atoms with Gasteiger partial charge >= 0.3 is 5.69 Å². The molecule has 0 aliphatic rings. The first-order valence-corrected chi connectivity index (χ1v) is 5.25. The molecule has 0 radical (unpaired) electrons. The van der Waals surface area contributed by atoms with E-state index in [1.165, 1.54) is 6.08 Å². The Kier molecular flexibility index (Phi) is 5.10. The van der Waals surface area contributed by atoms with E-state index in [4.69, 9.17) is 17.1 Å². The first-order chi connectivity index (χ1) is 8.56. The lowest BCUT2D eigenvalue weighted by Crippen LogP contribution is -1.93. The van der Waals surface area contributed by atoms with E-state index in [1.807, 2.05) is 0 Å². The fourth-order valence-corrected chi connectivity index (χ4v) is 1.43. The minimum absolute atomic E-state index is 0.0862. The molecule has 8 heteroatoms. The number of nitro benzene ring substituents is 1. The number of nitrogens with zero attached hydrogens (tertiary/aromatic N) is 4. The number of hydrogen-bond acceptors (Lipinski definition) is 3. The minimum atomic E-state index is -0.945. The summed E-state index contributed by atoms with van der Waals surface area (Å²) in [6.45, 7) is 0.278. The molecule has 0 bridgehead atoms. The van der Waals surface area contributed by atoms with Crippen LogP contribution in [-0.4, -0.2) is 11.5 Å². The summed E-state index contributed by atoms with van der Waals surface area (Å²) in [6, 6.07) is 1.95. The fourth-order valence-electron chi connectivity index (χ4n) is 1.21. The number of rotatable bonds is 5. The Bertz CT molecular complexity index is 541. The molecule has 0 aliphatic carbocycles. The van der Waals surface area contributed by atoms with Crippen molar-refractivity contribution in [3.8, 4) is 0 Å². The highest BCUT2D eigenvalue weighted by atomic mass is 35.5. The fraction of sp³-hybridized carbons (Fsp3) is 0.200. The Labute approximate surface area is 106 Å². The molecule has 0 N–H and O–H groups in total. The molecule has 1 aromatic carbocycles. The summed E-state index contributed by atoms with van der Waals surface area (Å²) >= 11 is 5.78. The van der Waals surface area contributed by atoms with Gasteiger partial charge in [0.1, 0.15) is 0 Å². The van der Waals surface area contributed by atoms with Crippen LogP contribution >= 0.6 is 11.6 Å². The molecule has 0 amide bonds. The number of benzene rings is 1. The Hall–Kier alpha value is -2.11. The van der Waals surface area contributed by atoms with Gasteiger partial charge in [-0.25, -0.2) is 0 Å². The van der Waals surface area contributed by atoms with Gasteiger partial charge in [0.25, 0.3) is 0 Å². The molecule has 0 fully saturated rings. The number of halogens is 2. The van der Waals surface area contributed by atoms with E-state index in [2.05, 4.69) is 10.0 Å². The van der Waals surface area contributed by atoms with E-state index in [9.17, 15) is 14.5 Å². The van der Waals surface area contributed by atoms with Crippen molar-refractivity contribution in [1.29, 1.82) is 0 Å². The van der Waals surface area contributed by atoms with E-state index >= 15 is 0 Å². The molecule has 18 heavy (non-hydrogen) atoms. The van der Waals surface area contributed by atoms with Crippen molar-refractivity contribution < 1.29 is 9.31 Å². The third-order valence-corrected chi connectivity index (χ3v) is 2.35. The summed E-state index contributed by atoms with van der Waals surface area (Å²) in [5.41, 5.74) is 7.72. The lowest BCUT2D eigenvalue weighted by Gasteiger charge is -2.00. The van der Waals surface area contributed by atoms with Crippen LogP contribution in [0.4, 0.5) is 10.1 Å². The Morgan fingerprint density at radius 3 is 2.94 bits per heavy atom. The van der Waals surface area contributed by atoms with Crippen LogP contribution in [0, 0.1) is 15.9 Å². The monoisotopic (exact) mass is 270 g/mol. The van der Waals surface area contributed by atoms with Gasteiger partial charge in [0.2, 0.25) is 5.82 Å². The van der Waals surface area contributed by atoms with Crippen molar-refractivity contribution in [3.05, 3.63) is 55.2 Å². The Balaban J connectivity index is 2.87. The molecule has 0 atom stereocenters. The molecular formula is C10H8ClFN4O2. The molecule has 0 spiro atoms. The Morgan fingerprint density at radius 2 is 2.33 bits per heavy atom. The Morgan fingerprint density at radius 1 is 1.61 bits per heavy atom. The predicted molar refractivity (Wildman–Crippen MR) is 65.7 cm³/mol. The number of nitro groups is 1. The van der Waals surface area contributed by atoms with E-state index in [0.29, 0.717) is 12.0 Å². The van der Waals surface area contributed by atoms with Crippen molar-refractivity contribution in [1.82, 2.24) is 0 Å². The van der Waals surface area contributed by atoms with E-state index < -0.39 is 16.4 Å². The number of azide groups is 1. The molecule has 0 aromatic heterocycles. The average Bonchev–Trinajstić information content (AvgIpc) is 2.32. The van der Waals surface area contributed by atoms with Gasteiger partial charge in [-0.15, -0.1) is 0 Å². The van der Waals surface area contributed by atoms with Crippen molar-refractivity contribution >= 4 is 23.4 Å². The largest absolute Gasteiger partial charge is 0.306 e. The molecule has 6 nitrogen and oxygen atoms in total. The normalized spacial score (nSPS) is 10.3. The van der Waals surface area contributed by atoms with E-state index in [1.54, 1.807) is 6.08 Å². The van der Waals surface area contributed by atoms with Gasteiger partial charge in [-0.2, -0.15) is 4.39 Å². The molecule has 0 saturated heterocycles. The van der Waals surface area contributed by atoms with Gasteiger partial charge in [-0.1, -0.05) is 28.9 Å². The zero-order valence-corrected chi connectivity index (χ0v) is 9.84. The highest BCUT2D eigenvalue weighted by Crippen LogP contribution is 2.26. The average molecular weight is 271 g/mol. The van der Waals surface area contributed by atoms with Gasteiger partial charge in [0.15, 0.2) is 0 Å². The molecular weight excluding hydrogens is 263 g/mol. The topological polar surface area (TPSA) is 91.9 Å². The summed E-state index contributed by atoms with van der Waals surface area (Å²) in [4.78, 5) is 12.2. The second kappa shape index (κ2) is 6.58. The molecule has 0 saturated carbocycles.